The van der Waals surface area contributed by atoms with E-state index < -0.39 is 0 Å². The molecule has 18 heavy (non-hydrogen) atoms. The summed E-state index contributed by atoms with van der Waals surface area (Å²) in [7, 11) is 1.94. The SMILES string of the molecule is Cn1ccc(/C=N\NC(=O)Cc2ccccc2)c1. The number of benzene rings is 1. The molecule has 1 amide bonds. The van der Waals surface area contributed by atoms with Gasteiger partial charge in [-0.05, 0) is 11.6 Å². The molecular weight excluding hydrogens is 226 g/mol. The van der Waals surface area contributed by atoms with E-state index in [1.807, 2.05) is 60.4 Å². The molecule has 4 heteroatoms. The number of carbonyl (C=O) groups excluding carboxylic acids is 1. The van der Waals surface area contributed by atoms with Gasteiger partial charge in [0.25, 0.3) is 0 Å². The third-order valence-corrected chi connectivity index (χ3v) is 2.47. The van der Waals surface area contributed by atoms with E-state index in [1.165, 1.54) is 0 Å². The van der Waals surface area contributed by atoms with E-state index in [-0.39, 0.29) is 5.91 Å². The van der Waals surface area contributed by atoms with Crippen LogP contribution in [0.3, 0.4) is 0 Å². The van der Waals surface area contributed by atoms with Gasteiger partial charge >= 0.3 is 0 Å². The third kappa shape index (κ3) is 3.59. The largest absolute Gasteiger partial charge is 0.357 e. The van der Waals surface area contributed by atoms with Crippen molar-refractivity contribution in [1.82, 2.24) is 9.99 Å². The monoisotopic (exact) mass is 241 g/mol. The fourth-order valence-corrected chi connectivity index (χ4v) is 1.60. The molecule has 1 heterocycles. The van der Waals surface area contributed by atoms with Gasteiger partial charge in [-0.2, -0.15) is 5.10 Å². The second kappa shape index (κ2) is 5.82. The predicted octanol–water partition coefficient (Wildman–Crippen LogP) is 1.72. The number of aromatic nitrogens is 1. The van der Waals surface area contributed by atoms with E-state index in [4.69, 9.17) is 0 Å². The number of amides is 1. The van der Waals surface area contributed by atoms with E-state index >= 15 is 0 Å². The van der Waals surface area contributed by atoms with Gasteiger partial charge in [-0.3, -0.25) is 4.79 Å². The zero-order valence-electron chi connectivity index (χ0n) is 10.2. The molecule has 0 saturated heterocycles. The van der Waals surface area contributed by atoms with E-state index in [0.717, 1.165) is 11.1 Å². The lowest BCUT2D eigenvalue weighted by atomic mass is 10.1. The quantitative estimate of drug-likeness (QED) is 0.643. The zero-order chi connectivity index (χ0) is 12.8. The van der Waals surface area contributed by atoms with Crippen LogP contribution in [-0.4, -0.2) is 16.7 Å². The molecule has 0 aliphatic heterocycles. The highest BCUT2D eigenvalue weighted by Gasteiger charge is 2.00. The second-order valence-corrected chi connectivity index (χ2v) is 4.07. The van der Waals surface area contributed by atoms with Gasteiger partial charge in [0.1, 0.15) is 0 Å². The Labute approximate surface area is 106 Å². The maximum atomic E-state index is 11.6. The number of hydrogen-bond donors (Lipinski definition) is 1. The summed E-state index contributed by atoms with van der Waals surface area (Å²) in [6.07, 6.45) is 5.82. The number of rotatable bonds is 4. The average Bonchev–Trinajstić information content (AvgIpc) is 2.76. The summed E-state index contributed by atoms with van der Waals surface area (Å²) in [5.41, 5.74) is 4.44. The van der Waals surface area contributed by atoms with Crippen molar-refractivity contribution in [2.24, 2.45) is 12.1 Å². The van der Waals surface area contributed by atoms with Crippen LogP contribution in [0.25, 0.3) is 0 Å². The molecule has 0 atom stereocenters. The lowest BCUT2D eigenvalue weighted by molar-refractivity contribution is -0.120. The minimum atomic E-state index is -0.117. The first kappa shape index (κ1) is 12.1. The Bertz CT molecular complexity index is 543. The number of hydrogen-bond acceptors (Lipinski definition) is 2. The minimum absolute atomic E-state index is 0.117. The maximum absolute atomic E-state index is 11.6. The van der Waals surface area contributed by atoms with Crippen molar-refractivity contribution in [3.05, 3.63) is 59.9 Å². The number of nitrogens with one attached hydrogen (secondary N) is 1. The van der Waals surface area contributed by atoms with Crippen LogP contribution in [0.2, 0.25) is 0 Å². The molecule has 0 spiro atoms. The van der Waals surface area contributed by atoms with Crippen LogP contribution in [0, 0.1) is 0 Å². The first-order valence-electron chi connectivity index (χ1n) is 5.72. The normalized spacial score (nSPS) is 10.7. The van der Waals surface area contributed by atoms with Crippen molar-refractivity contribution in [2.45, 2.75) is 6.42 Å². The van der Waals surface area contributed by atoms with Crippen molar-refractivity contribution < 1.29 is 4.79 Å². The first-order valence-corrected chi connectivity index (χ1v) is 5.72. The predicted molar refractivity (Wildman–Crippen MR) is 71.3 cm³/mol. The molecule has 0 saturated carbocycles. The molecule has 4 nitrogen and oxygen atoms in total. The van der Waals surface area contributed by atoms with Crippen LogP contribution in [0.4, 0.5) is 0 Å². The van der Waals surface area contributed by atoms with Crippen molar-refractivity contribution >= 4 is 12.1 Å². The van der Waals surface area contributed by atoms with Gasteiger partial charge in [-0.15, -0.1) is 0 Å². The van der Waals surface area contributed by atoms with Crippen molar-refractivity contribution in [3.8, 4) is 0 Å². The Balaban J connectivity index is 1.83. The summed E-state index contributed by atoms with van der Waals surface area (Å²) in [4.78, 5) is 11.6. The molecule has 0 fully saturated rings. The molecule has 1 aromatic carbocycles. The van der Waals surface area contributed by atoms with Gasteiger partial charge in [-0.1, -0.05) is 30.3 Å². The second-order valence-electron chi connectivity index (χ2n) is 4.07. The third-order valence-electron chi connectivity index (χ3n) is 2.47. The summed E-state index contributed by atoms with van der Waals surface area (Å²) in [5, 5.41) is 3.91. The molecule has 1 aromatic heterocycles. The van der Waals surface area contributed by atoms with Crippen molar-refractivity contribution in [1.29, 1.82) is 0 Å². The lowest BCUT2D eigenvalue weighted by Crippen LogP contribution is -2.19. The van der Waals surface area contributed by atoms with E-state index in [9.17, 15) is 4.79 Å². The molecule has 0 radical (unpaired) electrons. The molecule has 2 aromatic rings. The zero-order valence-corrected chi connectivity index (χ0v) is 10.2. The Morgan fingerprint density at radius 3 is 2.78 bits per heavy atom. The molecule has 0 bridgehead atoms. The molecule has 1 N–H and O–H groups in total. The van der Waals surface area contributed by atoms with Crippen LogP contribution in [0.15, 0.2) is 53.9 Å². The highest BCUT2D eigenvalue weighted by molar-refractivity contribution is 5.83. The van der Waals surface area contributed by atoms with Crippen LogP contribution < -0.4 is 5.43 Å². The van der Waals surface area contributed by atoms with Gasteiger partial charge in [0.05, 0.1) is 12.6 Å². The van der Waals surface area contributed by atoms with Crippen molar-refractivity contribution in [2.75, 3.05) is 0 Å². The first-order chi connectivity index (χ1) is 8.74. The van der Waals surface area contributed by atoms with Gasteiger partial charge in [0.15, 0.2) is 0 Å². The van der Waals surface area contributed by atoms with E-state index in [0.29, 0.717) is 6.42 Å². The number of aryl methyl sites for hydroxylation is 1. The highest BCUT2D eigenvalue weighted by Crippen LogP contribution is 1.99. The van der Waals surface area contributed by atoms with Gasteiger partial charge in [0, 0.05) is 25.0 Å². The van der Waals surface area contributed by atoms with Gasteiger partial charge < -0.3 is 4.57 Å². The van der Waals surface area contributed by atoms with Crippen LogP contribution in [-0.2, 0) is 18.3 Å². The van der Waals surface area contributed by atoms with Gasteiger partial charge in [-0.25, -0.2) is 5.43 Å². The smallest absolute Gasteiger partial charge is 0.244 e. The standard InChI is InChI=1S/C14H15N3O/c1-17-8-7-13(11-17)10-15-16-14(18)9-12-5-3-2-4-6-12/h2-8,10-11H,9H2,1H3,(H,16,18)/b15-10-. The Kier molecular flexibility index (Phi) is 3.91. The molecule has 2 rings (SSSR count). The fraction of sp³-hybridized carbons (Fsp3) is 0.143. The van der Waals surface area contributed by atoms with Crippen LogP contribution >= 0.6 is 0 Å². The summed E-state index contributed by atoms with van der Waals surface area (Å²) in [6.45, 7) is 0. The lowest BCUT2D eigenvalue weighted by Gasteiger charge is -1.99. The maximum Gasteiger partial charge on any atom is 0.244 e. The molecule has 0 unspecified atom stereocenters. The summed E-state index contributed by atoms with van der Waals surface area (Å²) in [5.74, 6) is -0.117. The molecule has 92 valence electrons. The number of hydrazone groups is 1. The van der Waals surface area contributed by atoms with Gasteiger partial charge in [0.2, 0.25) is 5.91 Å². The fourth-order valence-electron chi connectivity index (χ4n) is 1.60. The number of carbonyl (C=O) groups is 1. The Morgan fingerprint density at radius 1 is 1.33 bits per heavy atom. The highest BCUT2D eigenvalue weighted by atomic mass is 16.2. The molecular formula is C14H15N3O. The minimum Gasteiger partial charge on any atom is -0.357 e. The topological polar surface area (TPSA) is 46.4 Å². The average molecular weight is 241 g/mol. The molecule has 0 aliphatic rings. The van der Waals surface area contributed by atoms with Crippen LogP contribution in [0.5, 0.6) is 0 Å². The number of nitrogens with zero attached hydrogens (tertiary/aromatic N) is 2. The summed E-state index contributed by atoms with van der Waals surface area (Å²) in [6, 6.07) is 11.5. The van der Waals surface area contributed by atoms with E-state index in [1.54, 1.807) is 6.21 Å². The van der Waals surface area contributed by atoms with Crippen molar-refractivity contribution in [3.63, 3.8) is 0 Å². The Hall–Kier alpha value is -2.36. The Morgan fingerprint density at radius 2 is 2.11 bits per heavy atom. The van der Waals surface area contributed by atoms with Crippen LogP contribution in [0.1, 0.15) is 11.1 Å². The summed E-state index contributed by atoms with van der Waals surface area (Å²) < 4.78 is 1.92. The van der Waals surface area contributed by atoms with E-state index in [2.05, 4.69) is 10.5 Å². The molecule has 0 aliphatic carbocycles. The summed E-state index contributed by atoms with van der Waals surface area (Å²) >= 11 is 0.